The van der Waals surface area contributed by atoms with Crippen LogP contribution in [0.2, 0.25) is 10.0 Å². The fourth-order valence-electron chi connectivity index (χ4n) is 1.79. The first-order valence-corrected chi connectivity index (χ1v) is 6.49. The van der Waals surface area contributed by atoms with Crippen molar-refractivity contribution < 1.29 is 4.74 Å². The number of hydrogen-bond acceptors (Lipinski definition) is 2. The predicted molar refractivity (Wildman–Crippen MR) is 76.9 cm³/mol. The molecule has 0 bridgehead atoms. The van der Waals surface area contributed by atoms with Crippen LogP contribution in [-0.4, -0.2) is 9.97 Å². The van der Waals surface area contributed by atoms with Gasteiger partial charge in [-0.15, -0.1) is 0 Å². The molecule has 0 aliphatic carbocycles. The SMILES string of the molecule is Clc1cc2nc(COc3ccccc3)[nH]c2cc1Cl. The monoisotopic (exact) mass is 292 g/mol. The average molecular weight is 293 g/mol. The lowest BCUT2D eigenvalue weighted by Crippen LogP contribution is -1.96. The van der Waals surface area contributed by atoms with Crippen molar-refractivity contribution in [3.05, 3.63) is 58.3 Å². The van der Waals surface area contributed by atoms with E-state index in [2.05, 4.69) is 9.97 Å². The van der Waals surface area contributed by atoms with Gasteiger partial charge in [0.2, 0.25) is 0 Å². The number of halogens is 2. The lowest BCUT2D eigenvalue weighted by molar-refractivity contribution is 0.297. The molecule has 5 heteroatoms. The van der Waals surface area contributed by atoms with Crippen molar-refractivity contribution >= 4 is 34.2 Å². The zero-order valence-electron chi connectivity index (χ0n) is 9.86. The molecule has 1 N–H and O–H groups in total. The van der Waals surface area contributed by atoms with Crippen LogP contribution in [0, 0.1) is 0 Å². The molecule has 0 atom stereocenters. The Bertz CT molecular complexity index is 671. The van der Waals surface area contributed by atoms with Crippen molar-refractivity contribution in [1.29, 1.82) is 0 Å². The van der Waals surface area contributed by atoms with Crippen LogP contribution in [0.1, 0.15) is 5.82 Å². The lowest BCUT2D eigenvalue weighted by atomic mass is 10.3. The molecular weight excluding hydrogens is 283 g/mol. The van der Waals surface area contributed by atoms with Gasteiger partial charge in [-0.2, -0.15) is 0 Å². The molecule has 0 unspecified atom stereocenters. The molecule has 0 spiro atoms. The zero-order valence-corrected chi connectivity index (χ0v) is 11.4. The summed E-state index contributed by atoms with van der Waals surface area (Å²) in [4.78, 5) is 7.56. The third kappa shape index (κ3) is 2.67. The van der Waals surface area contributed by atoms with E-state index in [1.54, 1.807) is 12.1 Å². The molecule has 19 heavy (non-hydrogen) atoms. The van der Waals surface area contributed by atoms with Crippen LogP contribution < -0.4 is 4.74 Å². The van der Waals surface area contributed by atoms with Crippen molar-refractivity contribution in [3.63, 3.8) is 0 Å². The zero-order chi connectivity index (χ0) is 13.2. The standard InChI is InChI=1S/C14H10Cl2N2O/c15-10-6-12-13(7-11(10)16)18-14(17-12)8-19-9-4-2-1-3-5-9/h1-7H,8H2,(H,17,18). The average Bonchev–Trinajstić information content (AvgIpc) is 2.80. The number of hydrogen-bond donors (Lipinski definition) is 1. The van der Waals surface area contributed by atoms with Gasteiger partial charge in [0.1, 0.15) is 18.2 Å². The first kappa shape index (κ1) is 12.3. The number of benzene rings is 2. The molecule has 0 radical (unpaired) electrons. The fraction of sp³-hybridized carbons (Fsp3) is 0.0714. The third-order valence-corrected chi connectivity index (χ3v) is 3.41. The maximum Gasteiger partial charge on any atom is 0.146 e. The van der Waals surface area contributed by atoms with Crippen molar-refractivity contribution in [2.24, 2.45) is 0 Å². The number of aromatic nitrogens is 2. The van der Waals surface area contributed by atoms with E-state index in [0.29, 0.717) is 16.7 Å². The second kappa shape index (κ2) is 5.11. The summed E-state index contributed by atoms with van der Waals surface area (Å²) in [5, 5.41) is 1.00. The molecule has 0 saturated carbocycles. The maximum absolute atomic E-state index is 5.96. The quantitative estimate of drug-likeness (QED) is 0.774. The van der Waals surface area contributed by atoms with Crippen molar-refractivity contribution in [1.82, 2.24) is 9.97 Å². The minimum absolute atomic E-state index is 0.369. The highest BCUT2D eigenvalue weighted by Gasteiger charge is 2.07. The highest BCUT2D eigenvalue weighted by molar-refractivity contribution is 6.42. The van der Waals surface area contributed by atoms with Gasteiger partial charge in [-0.3, -0.25) is 0 Å². The summed E-state index contributed by atoms with van der Waals surface area (Å²) in [5.41, 5.74) is 1.63. The number of rotatable bonds is 3. The Hall–Kier alpha value is -1.71. The Kier molecular flexibility index (Phi) is 3.32. The summed E-state index contributed by atoms with van der Waals surface area (Å²) in [6, 6.07) is 13.1. The molecule has 0 saturated heterocycles. The van der Waals surface area contributed by atoms with Gasteiger partial charge in [-0.25, -0.2) is 4.98 Å². The molecular formula is C14H10Cl2N2O. The summed E-state index contributed by atoms with van der Waals surface area (Å²) in [7, 11) is 0. The first-order valence-electron chi connectivity index (χ1n) is 5.74. The van der Waals surface area contributed by atoms with Crippen LogP contribution in [0.25, 0.3) is 11.0 Å². The number of fused-ring (bicyclic) bond motifs is 1. The van der Waals surface area contributed by atoms with Crippen LogP contribution in [0.4, 0.5) is 0 Å². The molecule has 0 aliphatic heterocycles. The van der Waals surface area contributed by atoms with Crippen molar-refractivity contribution in [2.45, 2.75) is 6.61 Å². The normalized spacial score (nSPS) is 10.8. The molecule has 0 aliphatic rings. The second-order valence-electron chi connectivity index (χ2n) is 4.07. The smallest absolute Gasteiger partial charge is 0.146 e. The molecule has 3 aromatic rings. The minimum atomic E-state index is 0.369. The van der Waals surface area contributed by atoms with Crippen LogP contribution >= 0.6 is 23.2 Å². The Morgan fingerprint density at radius 1 is 1.05 bits per heavy atom. The minimum Gasteiger partial charge on any atom is -0.486 e. The fourth-order valence-corrected chi connectivity index (χ4v) is 2.12. The number of imidazole rings is 1. The van der Waals surface area contributed by atoms with Crippen LogP contribution in [0.3, 0.4) is 0 Å². The van der Waals surface area contributed by atoms with Crippen molar-refractivity contribution in [2.75, 3.05) is 0 Å². The lowest BCUT2D eigenvalue weighted by Gasteiger charge is -2.02. The molecule has 0 amide bonds. The third-order valence-electron chi connectivity index (χ3n) is 2.69. The largest absolute Gasteiger partial charge is 0.486 e. The molecule has 1 heterocycles. The van der Waals surface area contributed by atoms with Gasteiger partial charge in [-0.05, 0) is 24.3 Å². The Morgan fingerprint density at radius 2 is 1.79 bits per heavy atom. The molecule has 96 valence electrons. The predicted octanol–water partition coefficient (Wildman–Crippen LogP) is 4.45. The van der Waals surface area contributed by atoms with E-state index in [4.69, 9.17) is 27.9 Å². The maximum atomic E-state index is 5.96. The number of nitrogens with one attached hydrogen (secondary N) is 1. The number of H-pyrrole nitrogens is 1. The molecule has 3 rings (SSSR count). The molecule has 2 aromatic carbocycles. The summed E-state index contributed by atoms with van der Waals surface area (Å²) in [6.07, 6.45) is 0. The van der Waals surface area contributed by atoms with E-state index < -0.39 is 0 Å². The summed E-state index contributed by atoms with van der Waals surface area (Å²) in [6.45, 7) is 0.369. The number of aromatic amines is 1. The summed E-state index contributed by atoms with van der Waals surface area (Å²) < 4.78 is 5.62. The molecule has 1 aromatic heterocycles. The second-order valence-corrected chi connectivity index (χ2v) is 4.88. The topological polar surface area (TPSA) is 37.9 Å². The van der Waals surface area contributed by atoms with Gasteiger partial charge in [0.25, 0.3) is 0 Å². The van der Waals surface area contributed by atoms with Crippen molar-refractivity contribution in [3.8, 4) is 5.75 Å². The summed E-state index contributed by atoms with van der Waals surface area (Å²) in [5.74, 6) is 1.54. The van der Waals surface area contributed by atoms with E-state index in [9.17, 15) is 0 Å². The molecule has 3 nitrogen and oxygen atoms in total. The number of ether oxygens (including phenoxy) is 1. The van der Waals surface area contributed by atoms with Gasteiger partial charge >= 0.3 is 0 Å². The van der Waals surface area contributed by atoms with E-state index in [1.165, 1.54) is 0 Å². The first-order chi connectivity index (χ1) is 9.22. The number of nitrogens with zero attached hydrogens (tertiary/aromatic N) is 1. The highest BCUT2D eigenvalue weighted by Crippen LogP contribution is 2.26. The van der Waals surface area contributed by atoms with Crippen LogP contribution in [0.15, 0.2) is 42.5 Å². The van der Waals surface area contributed by atoms with Gasteiger partial charge in [0.05, 0.1) is 21.1 Å². The summed E-state index contributed by atoms with van der Waals surface area (Å²) >= 11 is 11.9. The number of para-hydroxylation sites is 1. The van der Waals surface area contributed by atoms with Gasteiger partial charge in [-0.1, -0.05) is 41.4 Å². The molecule has 0 fully saturated rings. The van der Waals surface area contributed by atoms with E-state index in [1.807, 2.05) is 30.3 Å². The van der Waals surface area contributed by atoms with Crippen LogP contribution in [-0.2, 0) is 6.61 Å². The van der Waals surface area contributed by atoms with Gasteiger partial charge in [0, 0.05) is 0 Å². The van der Waals surface area contributed by atoms with E-state index >= 15 is 0 Å². The van der Waals surface area contributed by atoms with E-state index in [-0.39, 0.29) is 0 Å². The Balaban J connectivity index is 1.82. The highest BCUT2D eigenvalue weighted by atomic mass is 35.5. The van der Waals surface area contributed by atoms with E-state index in [0.717, 1.165) is 22.6 Å². The van der Waals surface area contributed by atoms with Gasteiger partial charge in [0.15, 0.2) is 0 Å². The Labute approximate surface area is 120 Å². The van der Waals surface area contributed by atoms with Gasteiger partial charge < -0.3 is 9.72 Å². The van der Waals surface area contributed by atoms with Crippen LogP contribution in [0.5, 0.6) is 5.75 Å². The Morgan fingerprint density at radius 3 is 2.58 bits per heavy atom.